The highest BCUT2D eigenvalue weighted by molar-refractivity contribution is 5.07. The molecule has 102 valence electrons. The van der Waals surface area contributed by atoms with Gasteiger partial charge in [-0.2, -0.15) is 0 Å². The van der Waals surface area contributed by atoms with Gasteiger partial charge in [-0.1, -0.05) is 0 Å². The standard InChI is InChI=1S/C16H28N2/c17-1-2-18-15-6-14(7-15)16-8-11-3-12(9-16)5-13(4-11)10-16/h11-15,18H,1-10,17H2. The summed E-state index contributed by atoms with van der Waals surface area (Å²) in [6, 6.07) is 0.798. The van der Waals surface area contributed by atoms with E-state index in [1.807, 2.05) is 0 Å². The Labute approximate surface area is 111 Å². The minimum absolute atomic E-state index is 0.790. The summed E-state index contributed by atoms with van der Waals surface area (Å²) in [4.78, 5) is 0. The fourth-order valence-electron chi connectivity index (χ4n) is 6.25. The lowest BCUT2D eigenvalue weighted by Gasteiger charge is -2.62. The highest BCUT2D eigenvalue weighted by atomic mass is 14.9. The number of rotatable bonds is 4. The number of nitrogens with two attached hydrogens (primary N) is 1. The summed E-state index contributed by atoms with van der Waals surface area (Å²) in [5.74, 6) is 4.41. The lowest BCUT2D eigenvalue weighted by molar-refractivity contribution is -0.112. The molecule has 5 aliphatic carbocycles. The first kappa shape index (κ1) is 11.7. The fraction of sp³-hybridized carbons (Fsp3) is 1.00. The van der Waals surface area contributed by atoms with E-state index in [1.54, 1.807) is 38.5 Å². The zero-order valence-corrected chi connectivity index (χ0v) is 11.5. The molecule has 5 rings (SSSR count). The van der Waals surface area contributed by atoms with Gasteiger partial charge >= 0.3 is 0 Å². The fourth-order valence-corrected chi connectivity index (χ4v) is 6.25. The largest absolute Gasteiger partial charge is 0.329 e. The average Bonchev–Trinajstić information content (AvgIpc) is 2.24. The van der Waals surface area contributed by atoms with Crippen molar-refractivity contribution >= 4 is 0 Å². The van der Waals surface area contributed by atoms with E-state index in [0.717, 1.165) is 48.2 Å². The van der Waals surface area contributed by atoms with Gasteiger partial charge in [-0.25, -0.2) is 0 Å². The monoisotopic (exact) mass is 248 g/mol. The molecule has 5 fully saturated rings. The van der Waals surface area contributed by atoms with Crippen molar-refractivity contribution in [3.63, 3.8) is 0 Å². The van der Waals surface area contributed by atoms with Crippen LogP contribution in [0.2, 0.25) is 0 Å². The quantitative estimate of drug-likeness (QED) is 0.802. The minimum Gasteiger partial charge on any atom is -0.329 e. The molecule has 5 aliphatic rings. The van der Waals surface area contributed by atoms with Gasteiger partial charge in [0.15, 0.2) is 0 Å². The van der Waals surface area contributed by atoms with Gasteiger partial charge in [0.2, 0.25) is 0 Å². The summed E-state index contributed by atoms with van der Waals surface area (Å²) < 4.78 is 0. The lowest BCUT2D eigenvalue weighted by atomic mass is 9.43. The Morgan fingerprint density at radius 2 is 1.44 bits per heavy atom. The van der Waals surface area contributed by atoms with E-state index in [4.69, 9.17) is 5.73 Å². The van der Waals surface area contributed by atoms with E-state index >= 15 is 0 Å². The molecule has 2 heteroatoms. The summed E-state index contributed by atoms with van der Waals surface area (Å²) in [6.45, 7) is 1.80. The van der Waals surface area contributed by atoms with Crippen LogP contribution >= 0.6 is 0 Å². The van der Waals surface area contributed by atoms with Crippen LogP contribution < -0.4 is 11.1 Å². The lowest BCUT2D eigenvalue weighted by Crippen LogP contribution is -2.56. The molecule has 0 amide bonds. The summed E-state index contributed by atoms with van der Waals surface area (Å²) in [7, 11) is 0. The van der Waals surface area contributed by atoms with Crippen LogP contribution in [0.1, 0.15) is 51.4 Å². The Morgan fingerprint density at radius 3 is 1.94 bits per heavy atom. The van der Waals surface area contributed by atoms with Crippen LogP contribution in [0.15, 0.2) is 0 Å². The molecular formula is C16H28N2. The SMILES string of the molecule is NCCNC1CC(C23CC4CC(CC(C4)C2)C3)C1. The second-order valence-electron chi connectivity index (χ2n) is 7.89. The molecule has 0 aromatic carbocycles. The van der Waals surface area contributed by atoms with E-state index in [1.165, 1.54) is 12.8 Å². The molecule has 4 bridgehead atoms. The molecule has 3 N–H and O–H groups in total. The first-order chi connectivity index (χ1) is 8.77. The minimum atomic E-state index is 0.790. The van der Waals surface area contributed by atoms with E-state index in [0.29, 0.717) is 0 Å². The molecule has 0 spiro atoms. The molecule has 0 aromatic rings. The van der Waals surface area contributed by atoms with E-state index in [2.05, 4.69) is 5.32 Å². The molecule has 18 heavy (non-hydrogen) atoms. The maximum Gasteiger partial charge on any atom is 0.00770 e. The highest BCUT2D eigenvalue weighted by Gasteiger charge is 2.56. The molecule has 5 saturated carbocycles. The Morgan fingerprint density at radius 1 is 0.889 bits per heavy atom. The van der Waals surface area contributed by atoms with Gasteiger partial charge in [0, 0.05) is 19.1 Å². The predicted octanol–water partition coefficient (Wildman–Crippen LogP) is 2.53. The molecule has 0 radical (unpaired) electrons. The van der Waals surface area contributed by atoms with Gasteiger partial charge in [-0.15, -0.1) is 0 Å². The third-order valence-electron chi connectivity index (χ3n) is 6.67. The molecule has 2 nitrogen and oxygen atoms in total. The van der Waals surface area contributed by atoms with Gasteiger partial charge in [0.1, 0.15) is 0 Å². The van der Waals surface area contributed by atoms with Crippen LogP contribution in [0, 0.1) is 29.1 Å². The van der Waals surface area contributed by atoms with Crippen LogP contribution in [0.25, 0.3) is 0 Å². The Hall–Kier alpha value is -0.0800. The van der Waals surface area contributed by atoms with Crippen LogP contribution in [0.3, 0.4) is 0 Å². The predicted molar refractivity (Wildman–Crippen MR) is 74.2 cm³/mol. The van der Waals surface area contributed by atoms with Crippen LogP contribution in [-0.4, -0.2) is 19.1 Å². The van der Waals surface area contributed by atoms with Crippen LogP contribution in [0.4, 0.5) is 0 Å². The van der Waals surface area contributed by atoms with Gasteiger partial charge in [0.05, 0.1) is 0 Å². The van der Waals surface area contributed by atoms with E-state index < -0.39 is 0 Å². The Bertz CT molecular complexity index is 284. The van der Waals surface area contributed by atoms with Crippen LogP contribution in [0.5, 0.6) is 0 Å². The normalized spacial score (nSPS) is 53.5. The van der Waals surface area contributed by atoms with Crippen molar-refractivity contribution in [1.82, 2.24) is 5.32 Å². The molecule has 0 aromatic heterocycles. The maximum atomic E-state index is 5.57. The van der Waals surface area contributed by atoms with Crippen molar-refractivity contribution in [2.24, 2.45) is 34.8 Å². The Balaban J connectivity index is 1.40. The van der Waals surface area contributed by atoms with Gasteiger partial charge in [-0.3, -0.25) is 0 Å². The zero-order chi connectivity index (χ0) is 12.2. The second kappa shape index (κ2) is 4.21. The van der Waals surface area contributed by atoms with Crippen LogP contribution in [-0.2, 0) is 0 Å². The smallest absolute Gasteiger partial charge is 0.00770 e. The van der Waals surface area contributed by atoms with Crippen molar-refractivity contribution in [2.75, 3.05) is 13.1 Å². The molecular weight excluding hydrogens is 220 g/mol. The number of hydrogen-bond donors (Lipinski definition) is 2. The van der Waals surface area contributed by atoms with Crippen molar-refractivity contribution in [1.29, 1.82) is 0 Å². The average molecular weight is 248 g/mol. The first-order valence-electron chi connectivity index (χ1n) is 8.21. The summed E-state index contributed by atoms with van der Waals surface area (Å²) in [5.41, 5.74) is 6.38. The number of nitrogens with one attached hydrogen (secondary N) is 1. The maximum absolute atomic E-state index is 5.57. The summed E-state index contributed by atoms with van der Waals surface area (Å²) in [6.07, 6.45) is 12.4. The van der Waals surface area contributed by atoms with Gasteiger partial charge in [-0.05, 0) is 80.5 Å². The van der Waals surface area contributed by atoms with Crippen molar-refractivity contribution in [2.45, 2.75) is 57.4 Å². The molecule has 0 heterocycles. The van der Waals surface area contributed by atoms with E-state index in [-0.39, 0.29) is 0 Å². The van der Waals surface area contributed by atoms with E-state index in [9.17, 15) is 0 Å². The molecule has 0 unspecified atom stereocenters. The summed E-state index contributed by atoms with van der Waals surface area (Å²) >= 11 is 0. The highest BCUT2D eigenvalue weighted by Crippen LogP contribution is 2.65. The second-order valence-corrected chi connectivity index (χ2v) is 7.89. The van der Waals surface area contributed by atoms with Crippen molar-refractivity contribution < 1.29 is 0 Å². The Kier molecular flexibility index (Phi) is 2.74. The first-order valence-corrected chi connectivity index (χ1v) is 8.21. The van der Waals surface area contributed by atoms with Gasteiger partial charge < -0.3 is 11.1 Å². The third kappa shape index (κ3) is 1.76. The third-order valence-corrected chi connectivity index (χ3v) is 6.67. The topological polar surface area (TPSA) is 38.0 Å². The summed E-state index contributed by atoms with van der Waals surface area (Å²) in [5, 5.41) is 3.61. The van der Waals surface area contributed by atoms with Gasteiger partial charge in [0.25, 0.3) is 0 Å². The molecule has 0 atom stereocenters. The van der Waals surface area contributed by atoms with Crippen molar-refractivity contribution in [3.8, 4) is 0 Å². The number of hydrogen-bond acceptors (Lipinski definition) is 2. The molecule has 0 saturated heterocycles. The zero-order valence-electron chi connectivity index (χ0n) is 11.5. The molecule has 0 aliphatic heterocycles. The van der Waals surface area contributed by atoms with Crippen molar-refractivity contribution in [3.05, 3.63) is 0 Å².